The van der Waals surface area contributed by atoms with Gasteiger partial charge >= 0.3 is 0 Å². The minimum absolute atomic E-state index is 0.0629. The maximum atomic E-state index is 12.5. The number of nitrogens with one attached hydrogen (secondary N) is 1. The highest BCUT2D eigenvalue weighted by atomic mass is 32.2. The molecule has 1 aliphatic heterocycles. The van der Waals surface area contributed by atoms with Crippen LogP contribution in [0.4, 0.5) is 0 Å². The van der Waals surface area contributed by atoms with Crippen LogP contribution in [0.2, 0.25) is 0 Å². The van der Waals surface area contributed by atoms with Crippen LogP contribution >= 0.6 is 0 Å². The molecule has 0 unspecified atom stereocenters. The first kappa shape index (κ1) is 20.1. The first-order valence-corrected chi connectivity index (χ1v) is 11.4. The molecule has 0 aliphatic carbocycles. The number of sulfonamides is 1. The molecule has 4 nitrogen and oxygen atoms in total. The monoisotopic (exact) mass is 386 g/mol. The van der Waals surface area contributed by atoms with Gasteiger partial charge in [-0.1, -0.05) is 54.1 Å². The Morgan fingerprint density at radius 3 is 2.44 bits per heavy atom. The van der Waals surface area contributed by atoms with Crippen molar-refractivity contribution in [3.63, 3.8) is 0 Å². The van der Waals surface area contributed by atoms with Crippen LogP contribution in [0.3, 0.4) is 0 Å². The Balaban J connectivity index is 1.45. The highest BCUT2D eigenvalue weighted by Crippen LogP contribution is 2.19. The van der Waals surface area contributed by atoms with Gasteiger partial charge in [0, 0.05) is 13.1 Å². The van der Waals surface area contributed by atoms with Crippen LogP contribution in [0, 0.1) is 19.8 Å². The molecule has 0 spiro atoms. The zero-order valence-corrected chi connectivity index (χ0v) is 17.1. The third kappa shape index (κ3) is 6.16. The lowest BCUT2D eigenvalue weighted by molar-refractivity contribution is 0.178. The number of hydrogen-bond acceptors (Lipinski definition) is 3. The summed E-state index contributed by atoms with van der Waals surface area (Å²) in [5.74, 6) is 0.485. The molecule has 1 fully saturated rings. The zero-order chi connectivity index (χ0) is 19.3. The second kappa shape index (κ2) is 9.00. The van der Waals surface area contributed by atoms with E-state index in [0.717, 1.165) is 49.2 Å². The van der Waals surface area contributed by atoms with Gasteiger partial charge in [0.05, 0.1) is 5.75 Å². The standard InChI is InChI=1S/C22H30N2O2S/c1-18-8-9-19(2)22(14-18)17-27(25,26)23-15-20-10-12-24(13-11-20)16-21-6-4-3-5-7-21/h3-9,14,20,23H,10-13,15-17H2,1-2H3. The van der Waals surface area contributed by atoms with Gasteiger partial charge in [0.2, 0.25) is 10.0 Å². The number of likely N-dealkylation sites (tertiary alicyclic amines) is 1. The van der Waals surface area contributed by atoms with Gasteiger partial charge in [-0.2, -0.15) is 0 Å². The molecule has 3 rings (SSSR count). The van der Waals surface area contributed by atoms with Crippen LogP contribution in [-0.4, -0.2) is 33.0 Å². The van der Waals surface area contributed by atoms with Gasteiger partial charge in [-0.05, 0) is 62.4 Å². The third-order valence-electron chi connectivity index (χ3n) is 5.40. The van der Waals surface area contributed by atoms with Crippen molar-refractivity contribution in [2.24, 2.45) is 5.92 Å². The summed E-state index contributed by atoms with van der Waals surface area (Å²) in [4.78, 5) is 2.45. The summed E-state index contributed by atoms with van der Waals surface area (Å²) < 4.78 is 27.8. The van der Waals surface area contributed by atoms with Crippen molar-refractivity contribution in [3.05, 3.63) is 70.8 Å². The van der Waals surface area contributed by atoms with Crippen molar-refractivity contribution in [3.8, 4) is 0 Å². The van der Waals surface area contributed by atoms with Gasteiger partial charge in [0.25, 0.3) is 0 Å². The molecule has 146 valence electrons. The van der Waals surface area contributed by atoms with Crippen molar-refractivity contribution in [1.29, 1.82) is 0 Å². The Morgan fingerprint density at radius 2 is 1.74 bits per heavy atom. The summed E-state index contributed by atoms with van der Waals surface area (Å²) in [6, 6.07) is 16.5. The van der Waals surface area contributed by atoms with Gasteiger partial charge in [-0.25, -0.2) is 13.1 Å². The van der Waals surface area contributed by atoms with Gasteiger partial charge in [-0.15, -0.1) is 0 Å². The lowest BCUT2D eigenvalue weighted by Gasteiger charge is -2.32. The van der Waals surface area contributed by atoms with Crippen LogP contribution in [0.25, 0.3) is 0 Å². The molecule has 5 heteroatoms. The molecule has 0 radical (unpaired) electrons. The minimum atomic E-state index is -3.30. The third-order valence-corrected chi connectivity index (χ3v) is 6.70. The normalized spacial score (nSPS) is 16.5. The highest BCUT2D eigenvalue weighted by Gasteiger charge is 2.21. The lowest BCUT2D eigenvalue weighted by atomic mass is 9.97. The van der Waals surface area contributed by atoms with E-state index in [0.29, 0.717) is 12.5 Å². The van der Waals surface area contributed by atoms with E-state index in [9.17, 15) is 8.42 Å². The first-order valence-electron chi connectivity index (χ1n) is 9.71. The molecule has 2 aromatic carbocycles. The maximum Gasteiger partial charge on any atom is 0.215 e. The van der Waals surface area contributed by atoms with Crippen molar-refractivity contribution >= 4 is 10.0 Å². The minimum Gasteiger partial charge on any atom is -0.299 e. The molecule has 0 atom stereocenters. The largest absolute Gasteiger partial charge is 0.299 e. The predicted molar refractivity (Wildman–Crippen MR) is 111 cm³/mol. The quantitative estimate of drug-likeness (QED) is 0.790. The van der Waals surface area contributed by atoms with Crippen molar-refractivity contribution < 1.29 is 8.42 Å². The van der Waals surface area contributed by atoms with Gasteiger partial charge < -0.3 is 0 Å². The van der Waals surface area contributed by atoms with Crippen LogP contribution in [0.5, 0.6) is 0 Å². The Labute approximate surface area is 163 Å². The van der Waals surface area contributed by atoms with Crippen molar-refractivity contribution in [2.45, 2.75) is 39.0 Å². The number of piperidine rings is 1. The molecule has 1 aliphatic rings. The summed E-state index contributed by atoms with van der Waals surface area (Å²) in [6.45, 7) is 7.54. The summed E-state index contributed by atoms with van der Waals surface area (Å²) in [6.07, 6.45) is 2.08. The molecule has 1 heterocycles. The number of aryl methyl sites for hydroxylation is 2. The number of nitrogens with zero attached hydrogens (tertiary/aromatic N) is 1. The highest BCUT2D eigenvalue weighted by molar-refractivity contribution is 7.88. The van der Waals surface area contributed by atoms with E-state index in [-0.39, 0.29) is 5.75 Å². The smallest absolute Gasteiger partial charge is 0.215 e. The summed E-state index contributed by atoms with van der Waals surface area (Å²) in [5, 5.41) is 0. The average molecular weight is 387 g/mol. The second-order valence-electron chi connectivity index (χ2n) is 7.74. The van der Waals surface area contributed by atoms with Crippen molar-refractivity contribution in [1.82, 2.24) is 9.62 Å². The van der Waals surface area contributed by atoms with Gasteiger partial charge in [-0.3, -0.25) is 4.90 Å². The molecular weight excluding hydrogens is 356 g/mol. The van der Waals surface area contributed by atoms with E-state index < -0.39 is 10.0 Å². The molecule has 1 saturated heterocycles. The lowest BCUT2D eigenvalue weighted by Crippen LogP contribution is -2.38. The van der Waals surface area contributed by atoms with Gasteiger partial charge in [0.15, 0.2) is 0 Å². The first-order chi connectivity index (χ1) is 12.9. The fourth-order valence-electron chi connectivity index (χ4n) is 3.65. The second-order valence-corrected chi connectivity index (χ2v) is 9.55. The number of benzene rings is 2. The maximum absolute atomic E-state index is 12.5. The molecule has 1 N–H and O–H groups in total. The Kier molecular flexibility index (Phi) is 6.68. The van der Waals surface area contributed by atoms with Gasteiger partial charge in [0.1, 0.15) is 0 Å². The topological polar surface area (TPSA) is 49.4 Å². The van der Waals surface area contributed by atoms with E-state index in [2.05, 4.69) is 33.9 Å². The van der Waals surface area contributed by atoms with E-state index in [1.54, 1.807) is 0 Å². The Hall–Kier alpha value is -1.69. The fourth-order valence-corrected chi connectivity index (χ4v) is 4.96. The molecular formula is C22H30N2O2S. The molecule has 0 bridgehead atoms. The van der Waals surface area contributed by atoms with Crippen LogP contribution in [-0.2, 0) is 22.3 Å². The summed E-state index contributed by atoms with van der Waals surface area (Å²) in [5.41, 5.74) is 4.35. The SMILES string of the molecule is Cc1ccc(C)c(CS(=O)(=O)NCC2CCN(Cc3ccccc3)CC2)c1. The van der Waals surface area contributed by atoms with E-state index in [1.165, 1.54) is 5.56 Å². The van der Waals surface area contributed by atoms with E-state index >= 15 is 0 Å². The fraction of sp³-hybridized carbons (Fsp3) is 0.455. The zero-order valence-electron chi connectivity index (χ0n) is 16.3. The molecule has 2 aromatic rings. The molecule has 0 aromatic heterocycles. The number of hydrogen-bond donors (Lipinski definition) is 1. The molecule has 0 saturated carbocycles. The van der Waals surface area contributed by atoms with E-state index in [1.807, 2.05) is 38.1 Å². The van der Waals surface area contributed by atoms with E-state index in [4.69, 9.17) is 0 Å². The van der Waals surface area contributed by atoms with Crippen LogP contribution in [0.15, 0.2) is 48.5 Å². The molecule has 0 amide bonds. The average Bonchev–Trinajstić information content (AvgIpc) is 2.65. The molecule has 27 heavy (non-hydrogen) atoms. The predicted octanol–water partition coefficient (Wildman–Crippen LogP) is 3.64. The van der Waals surface area contributed by atoms with Crippen molar-refractivity contribution in [2.75, 3.05) is 19.6 Å². The summed E-state index contributed by atoms with van der Waals surface area (Å²) >= 11 is 0. The summed E-state index contributed by atoms with van der Waals surface area (Å²) in [7, 11) is -3.30. The Bertz CT molecular complexity index is 842. The Morgan fingerprint density at radius 1 is 1.04 bits per heavy atom. The van der Waals surface area contributed by atoms with Crippen LogP contribution < -0.4 is 4.72 Å². The van der Waals surface area contributed by atoms with Crippen LogP contribution in [0.1, 0.15) is 35.1 Å². The number of rotatable bonds is 7.